The Labute approximate surface area is 143 Å². The van der Waals surface area contributed by atoms with Crippen LogP contribution >= 0.6 is 15.9 Å². The number of aromatic carboxylic acids is 1. The minimum atomic E-state index is -0.987. The van der Waals surface area contributed by atoms with Crippen LogP contribution in [0.25, 0.3) is 5.69 Å². The highest BCUT2D eigenvalue weighted by molar-refractivity contribution is 9.10. The number of halogens is 1. The molecule has 1 aromatic heterocycles. The summed E-state index contributed by atoms with van der Waals surface area (Å²) in [5.74, 6) is 0.417. The number of carboxylic acids is 1. The maximum Gasteiger partial charge on any atom is 0.356 e. The molecule has 0 aliphatic carbocycles. The summed E-state index contributed by atoms with van der Waals surface area (Å²) in [6.45, 7) is 4.33. The second kappa shape index (κ2) is 6.00. The standard InChI is InChI=1S/C17H19BrN2O3/c1-9(2)6-11-7-13-10(8-14(11)23-3)4-5-12-15(16(21)22)19-17(18)20(12)13/h7-9H,4-6H2,1-3H3,(H,21,22). The Bertz CT molecular complexity index is 781. The summed E-state index contributed by atoms with van der Waals surface area (Å²) in [6, 6.07) is 4.18. The van der Waals surface area contributed by atoms with Crippen molar-refractivity contribution in [3.63, 3.8) is 0 Å². The van der Waals surface area contributed by atoms with Gasteiger partial charge in [-0.2, -0.15) is 0 Å². The average Bonchev–Trinajstić information content (AvgIpc) is 2.83. The van der Waals surface area contributed by atoms with Gasteiger partial charge in [-0.25, -0.2) is 9.78 Å². The van der Waals surface area contributed by atoms with E-state index in [2.05, 4.69) is 46.9 Å². The molecule has 0 radical (unpaired) electrons. The van der Waals surface area contributed by atoms with Gasteiger partial charge in [0.25, 0.3) is 0 Å². The smallest absolute Gasteiger partial charge is 0.356 e. The first-order valence-electron chi connectivity index (χ1n) is 7.63. The maximum absolute atomic E-state index is 11.4. The van der Waals surface area contributed by atoms with Gasteiger partial charge in [0.05, 0.1) is 18.5 Å². The number of carboxylic acid groups (broad SMARTS) is 1. The Balaban J connectivity index is 2.20. The van der Waals surface area contributed by atoms with Gasteiger partial charge in [0.1, 0.15) is 5.75 Å². The molecule has 0 unspecified atom stereocenters. The molecule has 23 heavy (non-hydrogen) atoms. The number of rotatable bonds is 4. The Morgan fingerprint density at radius 3 is 2.78 bits per heavy atom. The second-order valence-corrected chi connectivity index (χ2v) is 6.92. The number of aryl methyl sites for hydroxylation is 1. The summed E-state index contributed by atoms with van der Waals surface area (Å²) in [5, 5.41) is 9.34. The van der Waals surface area contributed by atoms with Crippen LogP contribution in [0.4, 0.5) is 0 Å². The SMILES string of the molecule is COc1cc2c(cc1CC(C)C)-n1c(Br)nc(C(=O)O)c1CC2. The van der Waals surface area contributed by atoms with Crippen LogP contribution in [0.1, 0.15) is 41.2 Å². The molecule has 5 nitrogen and oxygen atoms in total. The van der Waals surface area contributed by atoms with Crippen LogP contribution in [0.3, 0.4) is 0 Å². The predicted octanol–water partition coefficient (Wildman–Crippen LogP) is 3.64. The molecule has 122 valence electrons. The molecule has 0 fully saturated rings. The topological polar surface area (TPSA) is 64.4 Å². The molecule has 0 bridgehead atoms. The van der Waals surface area contributed by atoms with Crippen LogP contribution in [0.5, 0.6) is 5.75 Å². The van der Waals surface area contributed by atoms with Crippen LogP contribution in [-0.4, -0.2) is 27.7 Å². The quantitative estimate of drug-likeness (QED) is 0.881. The minimum absolute atomic E-state index is 0.128. The van der Waals surface area contributed by atoms with E-state index < -0.39 is 5.97 Å². The highest BCUT2D eigenvalue weighted by Crippen LogP contribution is 2.35. The van der Waals surface area contributed by atoms with E-state index in [1.165, 1.54) is 0 Å². The highest BCUT2D eigenvalue weighted by atomic mass is 79.9. The molecule has 0 saturated carbocycles. The normalized spacial score (nSPS) is 12.9. The van der Waals surface area contributed by atoms with Crippen LogP contribution < -0.4 is 4.74 Å². The minimum Gasteiger partial charge on any atom is -0.496 e. The Morgan fingerprint density at radius 2 is 2.17 bits per heavy atom. The number of fused-ring (bicyclic) bond motifs is 3. The Hall–Kier alpha value is -1.82. The van der Waals surface area contributed by atoms with E-state index in [1.54, 1.807) is 7.11 Å². The largest absolute Gasteiger partial charge is 0.496 e. The molecule has 3 rings (SSSR count). The van der Waals surface area contributed by atoms with Gasteiger partial charge in [0, 0.05) is 0 Å². The van der Waals surface area contributed by atoms with Gasteiger partial charge in [-0.3, -0.25) is 4.57 Å². The molecule has 1 aromatic carbocycles. The fourth-order valence-electron chi connectivity index (χ4n) is 3.17. The lowest BCUT2D eigenvalue weighted by atomic mass is 9.94. The van der Waals surface area contributed by atoms with Gasteiger partial charge < -0.3 is 9.84 Å². The van der Waals surface area contributed by atoms with E-state index in [0.717, 1.165) is 41.1 Å². The van der Waals surface area contributed by atoms with Gasteiger partial charge in [0.15, 0.2) is 10.4 Å². The second-order valence-electron chi connectivity index (χ2n) is 6.21. The number of aromatic nitrogens is 2. The zero-order valence-corrected chi connectivity index (χ0v) is 15.0. The van der Waals surface area contributed by atoms with Crippen molar-refractivity contribution in [3.05, 3.63) is 39.4 Å². The molecular weight excluding hydrogens is 360 g/mol. The zero-order valence-electron chi connectivity index (χ0n) is 13.4. The average molecular weight is 379 g/mol. The van der Waals surface area contributed by atoms with E-state index in [9.17, 15) is 9.90 Å². The summed E-state index contributed by atoms with van der Waals surface area (Å²) in [5.41, 5.74) is 4.15. The van der Waals surface area contributed by atoms with Crippen molar-refractivity contribution < 1.29 is 14.6 Å². The number of carbonyl (C=O) groups is 1. The molecule has 1 aliphatic heterocycles. The van der Waals surface area contributed by atoms with Crippen molar-refractivity contribution in [2.45, 2.75) is 33.1 Å². The van der Waals surface area contributed by atoms with Gasteiger partial charge in [-0.05, 0) is 64.4 Å². The molecule has 2 heterocycles. The number of hydrogen-bond donors (Lipinski definition) is 1. The van der Waals surface area contributed by atoms with Gasteiger partial charge in [-0.15, -0.1) is 0 Å². The summed E-state index contributed by atoms with van der Waals surface area (Å²) >= 11 is 3.41. The molecule has 1 N–H and O–H groups in total. The zero-order chi connectivity index (χ0) is 16.7. The number of methoxy groups -OCH3 is 1. The van der Waals surface area contributed by atoms with E-state index in [0.29, 0.717) is 17.1 Å². The summed E-state index contributed by atoms with van der Waals surface area (Å²) in [7, 11) is 1.69. The molecule has 0 spiro atoms. The maximum atomic E-state index is 11.4. The third-order valence-electron chi connectivity index (χ3n) is 4.12. The first-order chi connectivity index (χ1) is 10.9. The first kappa shape index (κ1) is 16.1. The molecule has 6 heteroatoms. The van der Waals surface area contributed by atoms with E-state index in [4.69, 9.17) is 4.74 Å². The van der Waals surface area contributed by atoms with Crippen LogP contribution in [-0.2, 0) is 19.3 Å². The molecule has 0 saturated heterocycles. The van der Waals surface area contributed by atoms with Crippen molar-refractivity contribution in [1.29, 1.82) is 0 Å². The van der Waals surface area contributed by atoms with Crippen molar-refractivity contribution in [2.24, 2.45) is 5.92 Å². The summed E-state index contributed by atoms with van der Waals surface area (Å²) in [4.78, 5) is 15.6. The monoisotopic (exact) mass is 378 g/mol. The van der Waals surface area contributed by atoms with Crippen LogP contribution in [0, 0.1) is 5.92 Å². The number of imidazole rings is 1. The molecule has 2 aromatic rings. The van der Waals surface area contributed by atoms with Crippen molar-refractivity contribution in [1.82, 2.24) is 9.55 Å². The van der Waals surface area contributed by atoms with E-state index in [-0.39, 0.29) is 5.69 Å². The van der Waals surface area contributed by atoms with Crippen molar-refractivity contribution >= 4 is 21.9 Å². The summed E-state index contributed by atoms with van der Waals surface area (Å²) < 4.78 is 7.99. The van der Waals surface area contributed by atoms with Gasteiger partial charge in [-0.1, -0.05) is 13.8 Å². The fraction of sp³-hybridized carbons (Fsp3) is 0.412. The number of hydrogen-bond acceptors (Lipinski definition) is 3. The molecule has 0 amide bonds. The number of nitrogens with zero attached hydrogens (tertiary/aromatic N) is 2. The molecular formula is C17H19BrN2O3. The Kier molecular flexibility index (Phi) is 4.19. The van der Waals surface area contributed by atoms with Crippen LogP contribution in [0.2, 0.25) is 0 Å². The van der Waals surface area contributed by atoms with Gasteiger partial charge in [0.2, 0.25) is 0 Å². The molecule has 0 atom stereocenters. The van der Waals surface area contributed by atoms with E-state index >= 15 is 0 Å². The lowest BCUT2D eigenvalue weighted by Gasteiger charge is -2.23. The highest BCUT2D eigenvalue weighted by Gasteiger charge is 2.27. The third kappa shape index (κ3) is 2.76. The predicted molar refractivity (Wildman–Crippen MR) is 90.7 cm³/mol. The fourth-order valence-corrected chi connectivity index (χ4v) is 3.76. The third-order valence-corrected chi connectivity index (χ3v) is 4.65. The lowest BCUT2D eigenvalue weighted by molar-refractivity contribution is 0.0689. The first-order valence-corrected chi connectivity index (χ1v) is 8.42. The number of benzene rings is 1. The van der Waals surface area contributed by atoms with Gasteiger partial charge >= 0.3 is 5.97 Å². The Morgan fingerprint density at radius 1 is 1.43 bits per heavy atom. The van der Waals surface area contributed by atoms with E-state index in [1.807, 2.05) is 4.57 Å². The number of ether oxygens (including phenoxy) is 1. The lowest BCUT2D eigenvalue weighted by Crippen LogP contribution is -2.15. The van der Waals surface area contributed by atoms with Crippen LogP contribution in [0.15, 0.2) is 16.9 Å². The van der Waals surface area contributed by atoms with Crippen molar-refractivity contribution in [2.75, 3.05) is 7.11 Å². The molecule has 1 aliphatic rings. The van der Waals surface area contributed by atoms with Crippen molar-refractivity contribution in [3.8, 4) is 11.4 Å². The summed E-state index contributed by atoms with van der Waals surface area (Å²) in [6.07, 6.45) is 2.34.